The van der Waals surface area contributed by atoms with Gasteiger partial charge in [0.25, 0.3) is 0 Å². The third-order valence-corrected chi connectivity index (χ3v) is 4.34. The number of aryl methyl sites for hydroxylation is 2. The SMILES string of the molecule is Cc1cc(C#N)cnc1-c1sc(-c2cccnc2)nc1C. The fourth-order valence-corrected chi connectivity index (χ4v) is 3.22. The molecule has 0 radical (unpaired) electrons. The van der Waals surface area contributed by atoms with Gasteiger partial charge in [0.2, 0.25) is 0 Å². The summed E-state index contributed by atoms with van der Waals surface area (Å²) in [6.07, 6.45) is 5.16. The third-order valence-electron chi connectivity index (χ3n) is 3.13. The Kier molecular flexibility index (Phi) is 3.46. The summed E-state index contributed by atoms with van der Waals surface area (Å²) in [5, 5.41) is 9.86. The van der Waals surface area contributed by atoms with E-state index in [9.17, 15) is 0 Å². The average molecular weight is 292 g/mol. The van der Waals surface area contributed by atoms with Crippen molar-refractivity contribution in [1.29, 1.82) is 5.26 Å². The highest BCUT2D eigenvalue weighted by atomic mass is 32.1. The predicted octanol–water partition coefficient (Wildman–Crippen LogP) is 3.76. The Balaban J connectivity index is 2.09. The second-order valence-electron chi connectivity index (χ2n) is 4.68. The zero-order chi connectivity index (χ0) is 14.8. The normalized spacial score (nSPS) is 10.3. The van der Waals surface area contributed by atoms with Gasteiger partial charge in [-0.05, 0) is 37.6 Å². The average Bonchev–Trinajstić information content (AvgIpc) is 2.90. The monoisotopic (exact) mass is 292 g/mol. The summed E-state index contributed by atoms with van der Waals surface area (Å²) >= 11 is 1.60. The molecule has 3 aromatic rings. The van der Waals surface area contributed by atoms with E-state index in [1.807, 2.05) is 32.0 Å². The van der Waals surface area contributed by atoms with Crippen LogP contribution in [0.4, 0.5) is 0 Å². The summed E-state index contributed by atoms with van der Waals surface area (Å²) in [5.74, 6) is 0. The first kappa shape index (κ1) is 13.4. The highest BCUT2D eigenvalue weighted by Crippen LogP contribution is 2.35. The lowest BCUT2D eigenvalue weighted by molar-refractivity contribution is 1.22. The van der Waals surface area contributed by atoms with Gasteiger partial charge in [0.1, 0.15) is 11.1 Å². The number of thiazole rings is 1. The van der Waals surface area contributed by atoms with Gasteiger partial charge >= 0.3 is 0 Å². The molecule has 0 unspecified atom stereocenters. The minimum absolute atomic E-state index is 0.575. The first-order valence-corrected chi connectivity index (χ1v) is 7.25. The summed E-state index contributed by atoms with van der Waals surface area (Å²) < 4.78 is 0. The number of nitriles is 1. The Morgan fingerprint density at radius 2 is 2.10 bits per heavy atom. The zero-order valence-corrected chi connectivity index (χ0v) is 12.5. The molecule has 3 heterocycles. The van der Waals surface area contributed by atoms with Crippen molar-refractivity contribution in [2.24, 2.45) is 0 Å². The lowest BCUT2D eigenvalue weighted by atomic mass is 10.1. The van der Waals surface area contributed by atoms with Crippen LogP contribution in [0.25, 0.3) is 21.1 Å². The summed E-state index contributed by atoms with van der Waals surface area (Å²) in [7, 11) is 0. The number of hydrogen-bond donors (Lipinski definition) is 0. The van der Waals surface area contributed by atoms with Gasteiger partial charge in [-0.3, -0.25) is 9.97 Å². The Labute approximate surface area is 126 Å². The van der Waals surface area contributed by atoms with Crippen molar-refractivity contribution in [2.75, 3.05) is 0 Å². The fourth-order valence-electron chi connectivity index (χ4n) is 2.10. The Bertz CT molecular complexity index is 831. The Hall–Kier alpha value is -2.58. The van der Waals surface area contributed by atoms with E-state index in [0.717, 1.165) is 32.4 Å². The van der Waals surface area contributed by atoms with Gasteiger partial charge in [-0.2, -0.15) is 5.26 Å². The molecular formula is C16H12N4S. The first-order valence-electron chi connectivity index (χ1n) is 6.44. The van der Waals surface area contributed by atoms with Crippen molar-refractivity contribution < 1.29 is 0 Å². The molecular weight excluding hydrogens is 280 g/mol. The second-order valence-corrected chi connectivity index (χ2v) is 5.68. The lowest BCUT2D eigenvalue weighted by Crippen LogP contribution is -1.89. The van der Waals surface area contributed by atoms with E-state index in [4.69, 9.17) is 5.26 Å². The number of hydrogen-bond acceptors (Lipinski definition) is 5. The van der Waals surface area contributed by atoms with E-state index in [0.29, 0.717) is 5.56 Å². The van der Waals surface area contributed by atoms with Gasteiger partial charge in [0.15, 0.2) is 0 Å². The molecule has 3 aromatic heterocycles. The van der Waals surface area contributed by atoms with Gasteiger partial charge in [0, 0.05) is 24.2 Å². The molecule has 0 aromatic carbocycles. The van der Waals surface area contributed by atoms with Crippen LogP contribution in [0.2, 0.25) is 0 Å². The Morgan fingerprint density at radius 1 is 1.24 bits per heavy atom. The van der Waals surface area contributed by atoms with Crippen molar-refractivity contribution in [3.63, 3.8) is 0 Å². The highest BCUT2D eigenvalue weighted by molar-refractivity contribution is 7.18. The van der Waals surface area contributed by atoms with Crippen molar-refractivity contribution in [1.82, 2.24) is 15.0 Å². The molecule has 3 rings (SSSR count). The molecule has 0 aliphatic heterocycles. The van der Waals surface area contributed by atoms with E-state index in [1.165, 1.54) is 0 Å². The molecule has 0 amide bonds. The van der Waals surface area contributed by atoms with Crippen LogP contribution in [0.15, 0.2) is 36.8 Å². The molecule has 0 aliphatic rings. The maximum Gasteiger partial charge on any atom is 0.125 e. The van der Waals surface area contributed by atoms with Crippen LogP contribution in [0.3, 0.4) is 0 Å². The van der Waals surface area contributed by atoms with E-state index < -0.39 is 0 Å². The van der Waals surface area contributed by atoms with Gasteiger partial charge in [-0.15, -0.1) is 11.3 Å². The van der Waals surface area contributed by atoms with Crippen LogP contribution in [0.1, 0.15) is 16.8 Å². The molecule has 0 atom stereocenters. The molecule has 21 heavy (non-hydrogen) atoms. The van der Waals surface area contributed by atoms with Crippen LogP contribution >= 0.6 is 11.3 Å². The smallest absolute Gasteiger partial charge is 0.125 e. The van der Waals surface area contributed by atoms with Crippen molar-refractivity contribution in [3.8, 4) is 27.2 Å². The topological polar surface area (TPSA) is 62.5 Å². The van der Waals surface area contributed by atoms with Crippen molar-refractivity contribution in [3.05, 3.63) is 53.6 Å². The molecule has 0 N–H and O–H groups in total. The maximum atomic E-state index is 8.92. The van der Waals surface area contributed by atoms with Crippen LogP contribution in [0, 0.1) is 25.2 Å². The molecule has 0 saturated heterocycles. The van der Waals surface area contributed by atoms with E-state index in [-0.39, 0.29) is 0 Å². The summed E-state index contributed by atoms with van der Waals surface area (Å²) in [5.41, 5.74) is 4.39. The zero-order valence-electron chi connectivity index (χ0n) is 11.7. The lowest BCUT2D eigenvalue weighted by Gasteiger charge is -2.02. The molecule has 0 saturated carbocycles. The number of nitrogens with zero attached hydrogens (tertiary/aromatic N) is 4. The minimum Gasteiger partial charge on any atom is -0.264 e. The molecule has 4 nitrogen and oxygen atoms in total. The fraction of sp³-hybridized carbons (Fsp3) is 0.125. The van der Waals surface area contributed by atoms with Crippen LogP contribution in [0.5, 0.6) is 0 Å². The van der Waals surface area contributed by atoms with E-state index in [1.54, 1.807) is 29.9 Å². The number of pyridine rings is 2. The number of rotatable bonds is 2. The first-order chi connectivity index (χ1) is 10.2. The molecule has 0 bridgehead atoms. The van der Waals surface area contributed by atoms with Gasteiger partial charge in [0.05, 0.1) is 21.8 Å². The number of aromatic nitrogens is 3. The van der Waals surface area contributed by atoms with E-state index in [2.05, 4.69) is 21.0 Å². The van der Waals surface area contributed by atoms with Gasteiger partial charge in [-0.1, -0.05) is 0 Å². The van der Waals surface area contributed by atoms with Crippen LogP contribution in [-0.2, 0) is 0 Å². The third kappa shape index (κ3) is 2.54. The van der Waals surface area contributed by atoms with Crippen LogP contribution in [-0.4, -0.2) is 15.0 Å². The van der Waals surface area contributed by atoms with Crippen molar-refractivity contribution >= 4 is 11.3 Å². The highest BCUT2D eigenvalue weighted by Gasteiger charge is 2.14. The standard InChI is InChI=1S/C16H12N4S/c1-10-6-12(7-17)8-19-14(10)15-11(2)20-16(21-15)13-4-3-5-18-9-13/h3-6,8-9H,1-2H3. The minimum atomic E-state index is 0.575. The van der Waals surface area contributed by atoms with Gasteiger partial charge < -0.3 is 0 Å². The maximum absolute atomic E-state index is 8.92. The molecule has 0 fully saturated rings. The summed E-state index contributed by atoms with van der Waals surface area (Å²) in [4.78, 5) is 14.2. The summed E-state index contributed by atoms with van der Waals surface area (Å²) in [6, 6.07) is 7.86. The quantitative estimate of drug-likeness (QED) is 0.721. The van der Waals surface area contributed by atoms with E-state index >= 15 is 0 Å². The Morgan fingerprint density at radius 3 is 2.76 bits per heavy atom. The molecule has 5 heteroatoms. The molecule has 0 aliphatic carbocycles. The predicted molar refractivity (Wildman–Crippen MR) is 82.8 cm³/mol. The second kappa shape index (κ2) is 5.43. The van der Waals surface area contributed by atoms with Crippen LogP contribution < -0.4 is 0 Å². The molecule has 0 spiro atoms. The molecule has 102 valence electrons. The largest absolute Gasteiger partial charge is 0.264 e. The van der Waals surface area contributed by atoms with Gasteiger partial charge in [-0.25, -0.2) is 4.98 Å². The summed E-state index contributed by atoms with van der Waals surface area (Å²) in [6.45, 7) is 3.94. The van der Waals surface area contributed by atoms with Crippen molar-refractivity contribution in [2.45, 2.75) is 13.8 Å².